The predicted octanol–water partition coefficient (Wildman–Crippen LogP) is 3.05. The lowest BCUT2D eigenvalue weighted by molar-refractivity contribution is 0.337. The number of hydrogen-bond acceptors (Lipinski definition) is 6. The Labute approximate surface area is 171 Å². The molecule has 0 fully saturated rings. The molecule has 0 spiro atoms. The van der Waals surface area contributed by atoms with E-state index in [1.807, 2.05) is 38.1 Å². The number of aryl methyl sites for hydroxylation is 2. The highest BCUT2D eigenvalue weighted by atomic mass is 35.5. The van der Waals surface area contributed by atoms with Crippen LogP contribution in [0.15, 0.2) is 51.9 Å². The summed E-state index contributed by atoms with van der Waals surface area (Å²) < 4.78 is 32.0. The molecule has 0 radical (unpaired) electrons. The number of nitrogens with two attached hydrogens (primary N) is 1. The van der Waals surface area contributed by atoms with Crippen molar-refractivity contribution in [2.75, 3.05) is 7.05 Å². The lowest BCUT2D eigenvalue weighted by atomic mass is 10.1. The number of rotatable bonds is 6. The summed E-state index contributed by atoms with van der Waals surface area (Å²) in [5.41, 5.74) is 9.33. The average molecular weight is 423 g/mol. The minimum absolute atomic E-state index is 0. The van der Waals surface area contributed by atoms with Crippen LogP contribution in [0.1, 0.15) is 22.6 Å². The van der Waals surface area contributed by atoms with Gasteiger partial charge < -0.3 is 10.3 Å². The van der Waals surface area contributed by atoms with Crippen LogP contribution in [0.4, 0.5) is 0 Å². The minimum atomic E-state index is -3.65. The van der Waals surface area contributed by atoms with Gasteiger partial charge in [0, 0.05) is 19.2 Å². The zero-order chi connectivity index (χ0) is 19.6. The number of nitrogens with zero attached hydrogens (tertiary/aromatic N) is 3. The topological polar surface area (TPSA) is 102 Å². The molecule has 0 aliphatic carbocycles. The summed E-state index contributed by atoms with van der Waals surface area (Å²) in [5, 5.41) is 3.94. The van der Waals surface area contributed by atoms with Crippen molar-refractivity contribution >= 4 is 22.4 Å². The van der Waals surface area contributed by atoms with Gasteiger partial charge in [0.15, 0.2) is 0 Å². The second-order valence-electron chi connectivity index (χ2n) is 6.42. The van der Waals surface area contributed by atoms with E-state index in [1.54, 1.807) is 18.2 Å². The van der Waals surface area contributed by atoms with Crippen LogP contribution in [0.5, 0.6) is 0 Å². The van der Waals surface area contributed by atoms with E-state index < -0.39 is 10.0 Å². The number of benzene rings is 2. The fourth-order valence-electron chi connectivity index (χ4n) is 2.56. The Hall–Kier alpha value is -2.26. The maximum absolute atomic E-state index is 12.8. The number of sulfonamides is 1. The van der Waals surface area contributed by atoms with Gasteiger partial charge in [-0.2, -0.15) is 9.29 Å². The summed E-state index contributed by atoms with van der Waals surface area (Å²) in [7, 11) is -2.16. The zero-order valence-corrected chi connectivity index (χ0v) is 17.5. The maximum Gasteiger partial charge on any atom is 0.243 e. The standard InChI is InChI=1S/C19H22N4O3S.ClH/c1-13-4-9-17(10-14(13)2)27(24,25)23(3)12-18-21-19(22-26-18)16-7-5-15(11-20)6-8-16;/h4-10H,11-12,20H2,1-3H3;1H. The minimum Gasteiger partial charge on any atom is -0.338 e. The molecular formula is C19H23ClN4O3S. The van der Waals surface area contributed by atoms with Crippen molar-refractivity contribution in [2.24, 2.45) is 5.73 Å². The average Bonchev–Trinajstić information content (AvgIpc) is 3.12. The van der Waals surface area contributed by atoms with Gasteiger partial charge in [-0.1, -0.05) is 35.5 Å². The van der Waals surface area contributed by atoms with Crippen molar-refractivity contribution in [3.63, 3.8) is 0 Å². The molecule has 150 valence electrons. The fraction of sp³-hybridized carbons (Fsp3) is 0.263. The van der Waals surface area contributed by atoms with E-state index in [1.165, 1.54) is 11.4 Å². The zero-order valence-electron chi connectivity index (χ0n) is 15.9. The lowest BCUT2D eigenvalue weighted by Gasteiger charge is -2.15. The summed E-state index contributed by atoms with van der Waals surface area (Å²) >= 11 is 0. The Bertz CT molecular complexity index is 1050. The summed E-state index contributed by atoms with van der Waals surface area (Å²) in [4.78, 5) is 4.54. The van der Waals surface area contributed by atoms with E-state index in [0.717, 1.165) is 22.3 Å². The quantitative estimate of drug-likeness (QED) is 0.654. The smallest absolute Gasteiger partial charge is 0.243 e. The van der Waals surface area contributed by atoms with E-state index in [9.17, 15) is 8.42 Å². The SMILES string of the molecule is Cc1ccc(S(=O)(=O)N(C)Cc2nc(-c3ccc(CN)cc3)no2)cc1C.Cl. The first kappa shape index (κ1) is 22.0. The summed E-state index contributed by atoms with van der Waals surface area (Å²) in [6, 6.07) is 12.6. The summed E-state index contributed by atoms with van der Waals surface area (Å²) in [5.74, 6) is 0.633. The Balaban J connectivity index is 0.00000280. The van der Waals surface area contributed by atoms with Crippen molar-refractivity contribution in [1.29, 1.82) is 0 Å². The van der Waals surface area contributed by atoms with Crippen LogP contribution in [0.25, 0.3) is 11.4 Å². The number of halogens is 1. The molecule has 28 heavy (non-hydrogen) atoms. The molecule has 2 N–H and O–H groups in total. The van der Waals surface area contributed by atoms with Gasteiger partial charge in [0.25, 0.3) is 0 Å². The van der Waals surface area contributed by atoms with Crippen LogP contribution in [-0.2, 0) is 23.1 Å². The second-order valence-corrected chi connectivity index (χ2v) is 8.46. The van der Waals surface area contributed by atoms with Gasteiger partial charge in [-0.05, 0) is 42.7 Å². The number of hydrogen-bond donors (Lipinski definition) is 1. The van der Waals surface area contributed by atoms with Gasteiger partial charge in [0.2, 0.25) is 21.7 Å². The molecule has 3 aromatic rings. The Kier molecular flexibility index (Phi) is 6.95. The highest BCUT2D eigenvalue weighted by molar-refractivity contribution is 7.89. The fourth-order valence-corrected chi connectivity index (χ4v) is 3.76. The molecule has 0 aliphatic rings. The molecular weight excluding hydrogens is 400 g/mol. The summed E-state index contributed by atoms with van der Waals surface area (Å²) in [6.07, 6.45) is 0. The molecule has 3 rings (SSSR count). The number of aromatic nitrogens is 2. The molecule has 7 nitrogen and oxygen atoms in total. The Morgan fingerprint density at radius 2 is 1.75 bits per heavy atom. The highest BCUT2D eigenvalue weighted by Gasteiger charge is 2.23. The van der Waals surface area contributed by atoms with Crippen molar-refractivity contribution in [3.05, 3.63) is 65.0 Å². The van der Waals surface area contributed by atoms with Crippen molar-refractivity contribution in [1.82, 2.24) is 14.4 Å². The van der Waals surface area contributed by atoms with E-state index in [-0.39, 0.29) is 29.7 Å². The molecule has 0 amide bonds. The summed E-state index contributed by atoms with van der Waals surface area (Å²) in [6.45, 7) is 4.27. The molecule has 0 aliphatic heterocycles. The Morgan fingerprint density at radius 3 is 2.36 bits per heavy atom. The van der Waals surface area contributed by atoms with E-state index >= 15 is 0 Å². The first-order valence-corrected chi connectivity index (χ1v) is 9.91. The molecule has 1 aromatic heterocycles. The molecule has 1 heterocycles. The van der Waals surface area contributed by atoms with Crippen LogP contribution in [-0.4, -0.2) is 29.9 Å². The van der Waals surface area contributed by atoms with Gasteiger partial charge in [-0.3, -0.25) is 0 Å². The molecule has 0 bridgehead atoms. The Morgan fingerprint density at radius 1 is 1.07 bits per heavy atom. The third-order valence-corrected chi connectivity index (χ3v) is 6.26. The third-order valence-electron chi connectivity index (χ3n) is 4.46. The van der Waals surface area contributed by atoms with Crippen LogP contribution in [0.2, 0.25) is 0 Å². The van der Waals surface area contributed by atoms with Gasteiger partial charge in [-0.25, -0.2) is 8.42 Å². The predicted molar refractivity (Wildman–Crippen MR) is 109 cm³/mol. The second kappa shape index (κ2) is 8.83. The third kappa shape index (κ3) is 4.59. The highest BCUT2D eigenvalue weighted by Crippen LogP contribution is 2.21. The van der Waals surface area contributed by atoms with Crippen LogP contribution in [0.3, 0.4) is 0 Å². The van der Waals surface area contributed by atoms with Gasteiger partial charge >= 0.3 is 0 Å². The van der Waals surface area contributed by atoms with E-state index in [2.05, 4.69) is 10.1 Å². The normalized spacial score (nSPS) is 11.5. The monoisotopic (exact) mass is 422 g/mol. The first-order chi connectivity index (χ1) is 12.8. The van der Waals surface area contributed by atoms with Gasteiger partial charge in [-0.15, -0.1) is 12.4 Å². The lowest BCUT2D eigenvalue weighted by Crippen LogP contribution is -2.26. The van der Waals surface area contributed by atoms with Crippen molar-refractivity contribution in [3.8, 4) is 11.4 Å². The molecule has 0 atom stereocenters. The molecule has 0 saturated heterocycles. The van der Waals surface area contributed by atoms with Crippen LogP contribution >= 0.6 is 12.4 Å². The maximum atomic E-state index is 12.8. The van der Waals surface area contributed by atoms with Gasteiger partial charge in [0.1, 0.15) is 0 Å². The van der Waals surface area contributed by atoms with Crippen LogP contribution in [0, 0.1) is 13.8 Å². The molecule has 2 aromatic carbocycles. The first-order valence-electron chi connectivity index (χ1n) is 8.47. The van der Waals surface area contributed by atoms with Crippen LogP contribution < -0.4 is 5.73 Å². The molecule has 0 unspecified atom stereocenters. The van der Waals surface area contributed by atoms with Crippen molar-refractivity contribution in [2.45, 2.75) is 31.8 Å². The van der Waals surface area contributed by atoms with E-state index in [4.69, 9.17) is 10.3 Å². The van der Waals surface area contributed by atoms with Crippen molar-refractivity contribution < 1.29 is 12.9 Å². The molecule has 9 heteroatoms. The largest absolute Gasteiger partial charge is 0.338 e. The van der Waals surface area contributed by atoms with Gasteiger partial charge in [0.05, 0.1) is 11.4 Å². The molecule has 0 saturated carbocycles. The van der Waals surface area contributed by atoms with E-state index in [0.29, 0.717) is 12.4 Å².